The van der Waals surface area contributed by atoms with Gasteiger partial charge in [-0.25, -0.2) is 0 Å². The molecular weight excluding hydrogens is 804 g/mol. The van der Waals surface area contributed by atoms with Crippen LogP contribution in [0, 0.1) is 0 Å². The summed E-state index contributed by atoms with van der Waals surface area (Å²) in [6.07, 6.45) is 57.8. The highest BCUT2D eigenvalue weighted by molar-refractivity contribution is 7.45. The van der Waals surface area contributed by atoms with E-state index < -0.39 is 26.6 Å². The van der Waals surface area contributed by atoms with Gasteiger partial charge in [0, 0.05) is 6.42 Å². The Bertz CT molecular complexity index is 1120. The van der Waals surface area contributed by atoms with Crippen LogP contribution in [-0.2, 0) is 18.4 Å². The van der Waals surface area contributed by atoms with Crippen LogP contribution in [0.4, 0.5) is 0 Å². The molecule has 0 spiro atoms. The molecule has 0 saturated heterocycles. The maximum absolute atomic E-state index is 12.9. The van der Waals surface area contributed by atoms with Gasteiger partial charge < -0.3 is 28.8 Å². The predicted octanol–water partition coefficient (Wildman–Crippen LogP) is 15.2. The first-order chi connectivity index (χ1) is 30.5. The first-order valence-electron chi connectivity index (χ1n) is 26.9. The molecule has 1 amide bonds. The van der Waals surface area contributed by atoms with Crippen molar-refractivity contribution in [3.05, 3.63) is 36.5 Å². The first kappa shape index (κ1) is 61.7. The maximum atomic E-state index is 12.9. The van der Waals surface area contributed by atoms with Crippen molar-refractivity contribution < 1.29 is 32.9 Å². The zero-order valence-electron chi connectivity index (χ0n) is 42.3. The van der Waals surface area contributed by atoms with Crippen molar-refractivity contribution >= 4 is 13.7 Å². The lowest BCUT2D eigenvalue weighted by atomic mass is 10.0. The van der Waals surface area contributed by atoms with E-state index in [4.69, 9.17) is 9.05 Å². The van der Waals surface area contributed by atoms with Gasteiger partial charge in [-0.1, -0.05) is 224 Å². The highest BCUT2D eigenvalue weighted by Gasteiger charge is 2.23. The van der Waals surface area contributed by atoms with E-state index in [0.29, 0.717) is 17.4 Å². The average Bonchev–Trinajstić information content (AvgIpc) is 3.24. The van der Waals surface area contributed by atoms with Gasteiger partial charge in [-0.15, -0.1) is 0 Å². The van der Waals surface area contributed by atoms with Gasteiger partial charge in [0.15, 0.2) is 0 Å². The average molecular weight is 909 g/mol. The van der Waals surface area contributed by atoms with E-state index in [1.165, 1.54) is 193 Å². The number of allylic oxidation sites excluding steroid dienone is 5. The number of aliphatic hydroxyl groups is 1. The molecule has 63 heavy (non-hydrogen) atoms. The second kappa shape index (κ2) is 45.9. The van der Waals surface area contributed by atoms with Gasteiger partial charge in [0.1, 0.15) is 13.2 Å². The number of hydrogen-bond acceptors (Lipinski definition) is 6. The van der Waals surface area contributed by atoms with Gasteiger partial charge in [-0.2, -0.15) is 0 Å². The molecule has 0 bridgehead atoms. The van der Waals surface area contributed by atoms with Gasteiger partial charge in [0.25, 0.3) is 7.82 Å². The lowest BCUT2D eigenvalue weighted by Crippen LogP contribution is -2.45. The minimum absolute atomic E-state index is 0.00620. The quantitative estimate of drug-likeness (QED) is 0.0272. The zero-order valence-corrected chi connectivity index (χ0v) is 43.2. The molecule has 0 aliphatic rings. The number of carbonyl (C=O) groups is 1. The molecule has 0 aromatic rings. The van der Waals surface area contributed by atoms with E-state index in [1.54, 1.807) is 6.08 Å². The van der Waals surface area contributed by atoms with Crippen LogP contribution in [0.3, 0.4) is 0 Å². The summed E-state index contributed by atoms with van der Waals surface area (Å²) >= 11 is 0. The summed E-state index contributed by atoms with van der Waals surface area (Å²) in [7, 11) is 1.25. The summed E-state index contributed by atoms with van der Waals surface area (Å²) < 4.78 is 23.3. The van der Waals surface area contributed by atoms with Crippen LogP contribution in [0.5, 0.6) is 0 Å². The van der Waals surface area contributed by atoms with Gasteiger partial charge in [0.2, 0.25) is 5.91 Å². The van der Waals surface area contributed by atoms with Crippen molar-refractivity contribution in [3.8, 4) is 0 Å². The number of nitrogens with one attached hydrogen (secondary N) is 1. The highest BCUT2D eigenvalue weighted by atomic mass is 31.2. The number of unbranched alkanes of at least 4 members (excludes halogenated alkanes) is 32. The van der Waals surface area contributed by atoms with Crippen molar-refractivity contribution in [3.63, 3.8) is 0 Å². The van der Waals surface area contributed by atoms with Crippen LogP contribution in [0.1, 0.15) is 251 Å². The summed E-state index contributed by atoms with van der Waals surface area (Å²) in [5.41, 5.74) is 0. The Morgan fingerprint density at radius 3 is 1.29 bits per heavy atom. The third-order valence-corrected chi connectivity index (χ3v) is 13.0. The molecule has 3 unspecified atom stereocenters. The Morgan fingerprint density at radius 2 is 0.889 bits per heavy atom. The summed E-state index contributed by atoms with van der Waals surface area (Å²) in [4.78, 5) is 25.4. The number of likely N-dealkylation sites (N-methyl/N-ethyl adjacent to an activating group) is 1. The molecule has 0 saturated carbocycles. The Balaban J connectivity index is 4.32. The number of phosphoric acid groups is 1. The molecule has 0 heterocycles. The van der Waals surface area contributed by atoms with Crippen molar-refractivity contribution in [2.45, 2.75) is 264 Å². The maximum Gasteiger partial charge on any atom is 0.268 e. The Kier molecular flexibility index (Phi) is 44.9. The third kappa shape index (κ3) is 48.5. The fraction of sp³-hybridized carbons (Fsp3) is 0.870. The molecule has 8 nitrogen and oxygen atoms in total. The normalized spacial score (nSPS) is 14.3. The third-order valence-electron chi connectivity index (χ3n) is 12.1. The molecule has 0 aliphatic heterocycles. The van der Waals surface area contributed by atoms with E-state index in [-0.39, 0.29) is 12.5 Å². The fourth-order valence-electron chi connectivity index (χ4n) is 7.81. The smallest absolute Gasteiger partial charge is 0.268 e. The van der Waals surface area contributed by atoms with E-state index in [1.807, 2.05) is 27.2 Å². The van der Waals surface area contributed by atoms with Crippen molar-refractivity contribution in [2.24, 2.45) is 0 Å². The number of phosphoric ester groups is 1. The Hall–Kier alpha value is -1.28. The van der Waals surface area contributed by atoms with Gasteiger partial charge in [-0.05, 0) is 57.8 Å². The second-order valence-electron chi connectivity index (χ2n) is 19.6. The van der Waals surface area contributed by atoms with Crippen LogP contribution < -0.4 is 10.2 Å². The number of aliphatic hydroxyl groups excluding tert-OH is 1. The predicted molar refractivity (Wildman–Crippen MR) is 270 cm³/mol. The first-order valence-corrected chi connectivity index (χ1v) is 28.3. The van der Waals surface area contributed by atoms with E-state index in [0.717, 1.165) is 38.5 Å². The lowest BCUT2D eigenvalue weighted by molar-refractivity contribution is -0.870. The molecule has 9 heteroatoms. The SMILES string of the molecule is CCCCCCCC/C=C\CCCCCCCCCCCC(=O)NC(COP(=O)([O-])OCC[N+](C)(C)C)C(O)/C=C/CC/C=C/CCCCCCCCCCCCCCCCCC. The summed E-state index contributed by atoms with van der Waals surface area (Å²) in [6.45, 7) is 4.65. The van der Waals surface area contributed by atoms with Crippen LogP contribution in [0.2, 0.25) is 0 Å². The largest absolute Gasteiger partial charge is 0.756 e. The van der Waals surface area contributed by atoms with E-state index in [9.17, 15) is 19.4 Å². The fourth-order valence-corrected chi connectivity index (χ4v) is 8.53. The molecule has 0 aromatic carbocycles. The van der Waals surface area contributed by atoms with E-state index >= 15 is 0 Å². The number of hydrogen-bond donors (Lipinski definition) is 2. The molecule has 0 rings (SSSR count). The molecule has 0 aromatic heterocycles. The van der Waals surface area contributed by atoms with Crippen molar-refractivity contribution in [2.75, 3.05) is 40.9 Å². The number of amides is 1. The van der Waals surface area contributed by atoms with Crippen molar-refractivity contribution in [1.82, 2.24) is 5.32 Å². The number of quaternary nitrogens is 1. The summed E-state index contributed by atoms with van der Waals surface area (Å²) in [5.74, 6) is -0.208. The Labute approximate surface area is 391 Å². The molecule has 0 aliphatic carbocycles. The molecular formula is C54H105N2O6P. The van der Waals surface area contributed by atoms with Crippen LogP contribution in [0.15, 0.2) is 36.5 Å². The molecule has 372 valence electrons. The van der Waals surface area contributed by atoms with E-state index in [2.05, 4.69) is 43.5 Å². The molecule has 0 fully saturated rings. The van der Waals surface area contributed by atoms with Crippen molar-refractivity contribution in [1.29, 1.82) is 0 Å². The van der Waals surface area contributed by atoms with Crippen LogP contribution in [0.25, 0.3) is 0 Å². The topological polar surface area (TPSA) is 108 Å². The van der Waals surface area contributed by atoms with Gasteiger partial charge in [0.05, 0.1) is 39.9 Å². The molecule has 0 radical (unpaired) electrons. The number of nitrogens with zero attached hydrogens (tertiary/aromatic N) is 1. The standard InChI is InChI=1S/C54H105N2O6P/c1-6-8-10-12-14-16-18-20-22-24-26-27-28-30-31-33-35-37-39-41-43-45-47-53(57)52(51-62-63(59,60)61-50-49-56(3,4)5)55-54(58)48-46-44-42-40-38-36-34-32-29-25-23-21-19-17-15-13-11-9-7-2/h21,23,37,39,45,47,52-53,57H,6-20,22,24-36,38,40-44,46,48-51H2,1-5H3,(H-,55,58,59,60)/b23-21-,39-37+,47-45+. The van der Waals surface area contributed by atoms with Gasteiger partial charge in [-0.3, -0.25) is 9.36 Å². The monoisotopic (exact) mass is 909 g/mol. The molecule has 3 atom stereocenters. The second-order valence-corrected chi connectivity index (χ2v) is 21.0. The Morgan fingerprint density at radius 1 is 0.540 bits per heavy atom. The summed E-state index contributed by atoms with van der Waals surface area (Å²) in [6, 6.07) is -0.903. The minimum atomic E-state index is -4.60. The molecule has 2 N–H and O–H groups in total. The zero-order chi connectivity index (χ0) is 46.4. The number of rotatable bonds is 49. The van der Waals surface area contributed by atoms with Crippen LogP contribution >= 0.6 is 7.82 Å². The van der Waals surface area contributed by atoms with Crippen LogP contribution in [-0.4, -0.2) is 68.5 Å². The highest BCUT2D eigenvalue weighted by Crippen LogP contribution is 2.38. The summed E-state index contributed by atoms with van der Waals surface area (Å²) in [5, 5.41) is 13.8. The number of carbonyl (C=O) groups excluding carboxylic acids is 1. The van der Waals surface area contributed by atoms with Gasteiger partial charge >= 0.3 is 0 Å². The minimum Gasteiger partial charge on any atom is -0.756 e. The lowest BCUT2D eigenvalue weighted by Gasteiger charge is -2.29.